The van der Waals surface area contributed by atoms with Gasteiger partial charge in [0.25, 0.3) is 0 Å². The van der Waals surface area contributed by atoms with Crippen LogP contribution in [0.25, 0.3) is 0 Å². The fourth-order valence-electron chi connectivity index (χ4n) is 13.6. The van der Waals surface area contributed by atoms with Crippen LogP contribution in [0.4, 0.5) is 0 Å². The maximum atomic E-state index is 13.4. The summed E-state index contributed by atoms with van der Waals surface area (Å²) in [6.45, 7) is 13.4. The molecule has 0 radical (unpaired) electrons. The van der Waals surface area contributed by atoms with E-state index in [0.29, 0.717) is 40.0 Å². The van der Waals surface area contributed by atoms with Gasteiger partial charge < -0.3 is 14.8 Å². The lowest BCUT2D eigenvalue weighted by molar-refractivity contribution is -0.127. The SMILES string of the molecule is COC1CC(OC2CCC(NC(=O)C3CNC(N4CCC5(CCC(C6CCC(C7=N[C@@H](C)C8NNC(C)N8C8SC(C)C(C)C78)CC6)CC5)C4)NC3)CC2)CCC1C#N. The molecule has 1 spiro atoms. The van der Waals surface area contributed by atoms with Gasteiger partial charge in [0.15, 0.2) is 0 Å². The van der Waals surface area contributed by atoms with Crippen LogP contribution in [-0.2, 0) is 14.3 Å². The maximum Gasteiger partial charge on any atom is 0.225 e. The Hall–Kier alpha value is -1.34. The minimum Gasteiger partial charge on any atom is -0.380 e. The topological polar surface area (TPSA) is 138 Å². The number of carbonyl (C=O) groups excluding carboxylic acids is 1. The highest BCUT2D eigenvalue weighted by atomic mass is 32.2. The molecule has 9 unspecified atom stereocenters. The van der Waals surface area contributed by atoms with Gasteiger partial charge in [0.05, 0.1) is 60.0 Å². The van der Waals surface area contributed by atoms with E-state index in [1.807, 2.05) is 0 Å². The van der Waals surface area contributed by atoms with Crippen LogP contribution >= 0.6 is 11.8 Å². The quantitative estimate of drug-likeness (QED) is 0.210. The summed E-state index contributed by atoms with van der Waals surface area (Å²) in [5, 5.41) is 21.5. The van der Waals surface area contributed by atoms with Gasteiger partial charge in [0, 0.05) is 62.6 Å². The molecule has 5 heterocycles. The third-order valence-electron chi connectivity index (χ3n) is 17.5. The number of aliphatic imine (C=N–C) groups is 1. The summed E-state index contributed by atoms with van der Waals surface area (Å²) in [5.41, 5.74) is 9.18. The number of likely N-dealkylation sites (tertiary alicyclic amines) is 1. The molecular weight excluding hydrogens is 759 g/mol. The molecule has 0 aromatic heterocycles. The zero-order chi connectivity index (χ0) is 40.8. The second kappa shape index (κ2) is 18.4. The first-order chi connectivity index (χ1) is 28.6. The van der Waals surface area contributed by atoms with Gasteiger partial charge in [-0.05, 0) is 139 Å². The molecule has 12 nitrogen and oxygen atoms in total. The molecule has 59 heavy (non-hydrogen) atoms. The van der Waals surface area contributed by atoms with E-state index in [1.165, 1.54) is 64.3 Å². The number of methoxy groups -OCH3 is 1. The van der Waals surface area contributed by atoms with Gasteiger partial charge in [-0.1, -0.05) is 13.8 Å². The molecule has 1 amide bonds. The lowest BCUT2D eigenvalue weighted by Crippen LogP contribution is -2.63. The number of hydrogen-bond acceptors (Lipinski definition) is 12. The molecule has 4 aliphatic carbocycles. The van der Waals surface area contributed by atoms with E-state index in [9.17, 15) is 10.1 Å². The van der Waals surface area contributed by atoms with Crippen LogP contribution in [0.1, 0.15) is 130 Å². The standard InChI is InChI=1S/C46H77N9O3S/c1-27-29(3)59-44-40(27)41(50-28(2)42-53-52-30(4)55(42)44)33-8-6-31(7-9-33)32-16-18-46(19-17-32)20-21-54(26-46)45-48-24-35(25-49-45)43(56)51-36-11-14-37(15-12-36)58-38-13-10-34(23-47)39(22-38)57-5/h27-40,42,44-45,48-49,52-53H,6-22,24-26H2,1-5H3,(H,51,56)/t27?,28-,29?,30?,31?,32?,33?,34?,35?,36?,37?,38?,39?,40?,42?,44?,45?,46?/m0/s1. The Morgan fingerprint density at radius 1 is 0.898 bits per heavy atom. The molecule has 8 fully saturated rings. The van der Waals surface area contributed by atoms with Crippen molar-refractivity contribution in [3.63, 3.8) is 0 Å². The predicted octanol–water partition coefficient (Wildman–Crippen LogP) is 5.56. The number of fused-ring (bicyclic) bond motifs is 3. The monoisotopic (exact) mass is 836 g/mol. The highest BCUT2D eigenvalue weighted by Crippen LogP contribution is 2.53. The Kier molecular flexibility index (Phi) is 13.4. The van der Waals surface area contributed by atoms with E-state index < -0.39 is 0 Å². The number of amides is 1. The van der Waals surface area contributed by atoms with Crippen LogP contribution in [0.2, 0.25) is 0 Å². The molecule has 0 bridgehead atoms. The summed E-state index contributed by atoms with van der Waals surface area (Å²) in [4.78, 5) is 24.3. The highest BCUT2D eigenvalue weighted by Gasteiger charge is 2.54. The van der Waals surface area contributed by atoms with Crippen LogP contribution < -0.4 is 26.8 Å². The van der Waals surface area contributed by atoms with Gasteiger partial charge in [-0.2, -0.15) is 5.26 Å². The van der Waals surface area contributed by atoms with Crippen LogP contribution in [0.5, 0.6) is 0 Å². The summed E-state index contributed by atoms with van der Waals surface area (Å²) in [5.74, 6) is 3.81. The molecule has 10 atom stereocenters. The number of thioether (sulfide) groups is 1. The number of rotatable bonds is 8. The van der Waals surface area contributed by atoms with E-state index in [1.54, 1.807) is 12.8 Å². The van der Waals surface area contributed by atoms with Crippen LogP contribution in [-0.4, -0.2) is 114 Å². The molecule has 9 aliphatic rings. The molecule has 0 aromatic carbocycles. The molecule has 5 aliphatic heterocycles. The Labute approximate surface area is 359 Å². The van der Waals surface area contributed by atoms with Crippen molar-refractivity contribution in [2.75, 3.05) is 33.3 Å². The Balaban J connectivity index is 0.685. The Bertz CT molecular complexity index is 1510. The molecule has 4 saturated heterocycles. The van der Waals surface area contributed by atoms with Crippen molar-refractivity contribution < 1.29 is 14.3 Å². The molecule has 4 saturated carbocycles. The minimum absolute atomic E-state index is 0.0210. The lowest BCUT2D eigenvalue weighted by atomic mass is 9.63. The highest BCUT2D eigenvalue weighted by molar-refractivity contribution is 8.00. The van der Waals surface area contributed by atoms with Crippen molar-refractivity contribution in [1.29, 1.82) is 5.26 Å². The van der Waals surface area contributed by atoms with Crippen LogP contribution in [0.15, 0.2) is 4.99 Å². The Morgan fingerprint density at radius 3 is 2.32 bits per heavy atom. The predicted molar refractivity (Wildman–Crippen MR) is 234 cm³/mol. The number of nitrogens with zero attached hydrogens (tertiary/aromatic N) is 4. The number of nitrogens with one attached hydrogen (secondary N) is 5. The summed E-state index contributed by atoms with van der Waals surface area (Å²) in [7, 11) is 1.71. The van der Waals surface area contributed by atoms with E-state index >= 15 is 0 Å². The van der Waals surface area contributed by atoms with Gasteiger partial charge in [-0.25, -0.2) is 10.9 Å². The minimum atomic E-state index is -0.0393. The lowest BCUT2D eigenvalue weighted by Gasteiger charge is -2.43. The zero-order valence-electron chi connectivity index (χ0n) is 36.9. The summed E-state index contributed by atoms with van der Waals surface area (Å²) < 4.78 is 12.1. The molecule has 9 rings (SSSR count). The molecule has 330 valence electrons. The van der Waals surface area contributed by atoms with Crippen molar-refractivity contribution >= 4 is 23.4 Å². The van der Waals surface area contributed by atoms with E-state index in [2.05, 4.69) is 82.1 Å². The number of hydrazine groups is 1. The van der Waals surface area contributed by atoms with E-state index in [0.717, 1.165) is 76.4 Å². The van der Waals surface area contributed by atoms with Gasteiger partial charge >= 0.3 is 0 Å². The largest absolute Gasteiger partial charge is 0.380 e. The third-order valence-corrected chi connectivity index (χ3v) is 19.2. The molecular formula is C46H77N9O3S. The first-order valence-corrected chi connectivity index (χ1v) is 25.2. The van der Waals surface area contributed by atoms with Crippen molar-refractivity contribution in [2.45, 2.75) is 190 Å². The van der Waals surface area contributed by atoms with Crippen LogP contribution in [0.3, 0.4) is 0 Å². The number of carbonyl (C=O) groups is 1. The van der Waals surface area contributed by atoms with Crippen molar-refractivity contribution in [3.05, 3.63) is 0 Å². The second-order valence-electron chi connectivity index (χ2n) is 20.9. The summed E-state index contributed by atoms with van der Waals surface area (Å²) in [6.07, 6.45) is 20.0. The normalized spacial score (nSPS) is 48.5. The Morgan fingerprint density at radius 2 is 1.61 bits per heavy atom. The average Bonchev–Trinajstić information content (AvgIpc) is 3.92. The van der Waals surface area contributed by atoms with E-state index in [4.69, 9.17) is 14.5 Å². The maximum absolute atomic E-state index is 13.4. The number of ether oxygens (including phenoxy) is 2. The smallest absolute Gasteiger partial charge is 0.225 e. The molecule has 0 aromatic rings. The summed E-state index contributed by atoms with van der Waals surface area (Å²) in [6, 6.07) is 2.90. The molecule has 5 N–H and O–H groups in total. The second-order valence-corrected chi connectivity index (χ2v) is 22.4. The van der Waals surface area contributed by atoms with Crippen LogP contribution in [0, 0.1) is 58.2 Å². The molecule has 13 heteroatoms. The average molecular weight is 836 g/mol. The number of nitriles is 1. The van der Waals surface area contributed by atoms with Crippen molar-refractivity contribution in [1.82, 2.24) is 36.6 Å². The van der Waals surface area contributed by atoms with Crippen molar-refractivity contribution in [3.8, 4) is 6.07 Å². The zero-order valence-corrected chi connectivity index (χ0v) is 37.7. The van der Waals surface area contributed by atoms with E-state index in [-0.39, 0.29) is 60.6 Å². The first kappa shape index (κ1) is 42.9. The fraction of sp³-hybridized carbons (Fsp3) is 0.935. The van der Waals surface area contributed by atoms with Gasteiger partial charge in [-0.3, -0.25) is 30.2 Å². The fourth-order valence-corrected chi connectivity index (χ4v) is 15.5. The number of hydrogen-bond donors (Lipinski definition) is 5. The van der Waals surface area contributed by atoms with Crippen molar-refractivity contribution in [2.24, 2.45) is 51.8 Å². The first-order valence-electron chi connectivity index (χ1n) is 24.2. The summed E-state index contributed by atoms with van der Waals surface area (Å²) >= 11 is 2.20. The van der Waals surface area contributed by atoms with Gasteiger partial charge in [-0.15, -0.1) is 11.8 Å². The van der Waals surface area contributed by atoms with Gasteiger partial charge in [0.1, 0.15) is 6.29 Å². The van der Waals surface area contributed by atoms with Gasteiger partial charge in [0.2, 0.25) is 5.91 Å². The third kappa shape index (κ3) is 8.93.